The molecule has 25 heavy (non-hydrogen) atoms. The highest BCUT2D eigenvalue weighted by Gasteiger charge is 2.07. The van der Waals surface area contributed by atoms with Crippen LogP contribution >= 0.6 is 0 Å². The predicted molar refractivity (Wildman–Crippen MR) is 107 cm³/mol. The first-order chi connectivity index (χ1) is 12.2. The van der Waals surface area contributed by atoms with Gasteiger partial charge in [0.1, 0.15) is 0 Å². The van der Waals surface area contributed by atoms with Crippen LogP contribution in [-0.4, -0.2) is 55.6 Å². The normalized spacial score (nSPS) is 12.5. The number of aliphatic hydroxyl groups excluding tert-OH is 1. The molecule has 144 valence electrons. The van der Waals surface area contributed by atoms with E-state index in [1.165, 1.54) is 25.1 Å². The van der Waals surface area contributed by atoms with Crippen LogP contribution in [-0.2, 0) is 4.74 Å². The van der Waals surface area contributed by atoms with Crippen molar-refractivity contribution in [2.75, 3.05) is 44.2 Å². The number of hydrogen-bond donors (Lipinski definition) is 1. The molecule has 0 aliphatic carbocycles. The third-order valence-corrected chi connectivity index (χ3v) is 4.71. The van der Waals surface area contributed by atoms with E-state index in [4.69, 9.17) is 4.74 Å². The molecule has 0 saturated heterocycles. The average molecular weight is 351 g/mol. The molecule has 1 rings (SSSR count). The van der Waals surface area contributed by atoms with Crippen LogP contribution in [0.2, 0.25) is 0 Å². The molecule has 1 aromatic carbocycles. The van der Waals surface area contributed by atoms with Gasteiger partial charge in [0.2, 0.25) is 0 Å². The van der Waals surface area contributed by atoms with Crippen LogP contribution in [0.3, 0.4) is 0 Å². The fraction of sp³-hybridized carbons (Fsp3) is 0.714. The maximum Gasteiger partial charge on any atom is 0.154 e. The Hall–Kier alpha value is -1.10. The summed E-state index contributed by atoms with van der Waals surface area (Å²) in [6.45, 7) is 12.6. The van der Waals surface area contributed by atoms with E-state index < -0.39 is 6.29 Å². The number of benzene rings is 1. The van der Waals surface area contributed by atoms with Gasteiger partial charge < -0.3 is 19.6 Å². The third kappa shape index (κ3) is 9.83. The zero-order valence-electron chi connectivity index (χ0n) is 16.5. The van der Waals surface area contributed by atoms with Crippen LogP contribution in [0.4, 0.5) is 5.69 Å². The van der Waals surface area contributed by atoms with Gasteiger partial charge in [0.25, 0.3) is 0 Å². The number of ether oxygens (including phenoxy) is 1. The molecule has 0 aliphatic heterocycles. The van der Waals surface area contributed by atoms with Crippen molar-refractivity contribution >= 4 is 5.69 Å². The van der Waals surface area contributed by atoms with Crippen molar-refractivity contribution in [3.05, 3.63) is 30.3 Å². The first kappa shape index (κ1) is 21.9. The molecule has 0 amide bonds. The van der Waals surface area contributed by atoms with Crippen LogP contribution in [0, 0.1) is 0 Å². The fourth-order valence-corrected chi connectivity index (χ4v) is 3.02. The number of rotatable bonds is 15. The van der Waals surface area contributed by atoms with E-state index >= 15 is 0 Å². The zero-order valence-corrected chi connectivity index (χ0v) is 16.5. The van der Waals surface area contributed by atoms with Crippen molar-refractivity contribution in [3.8, 4) is 0 Å². The van der Waals surface area contributed by atoms with Gasteiger partial charge >= 0.3 is 0 Å². The predicted octanol–water partition coefficient (Wildman–Crippen LogP) is 4.14. The minimum Gasteiger partial charge on any atom is -0.372 e. The van der Waals surface area contributed by atoms with Crippen molar-refractivity contribution in [2.24, 2.45) is 0 Å². The Labute approximate surface area is 154 Å². The summed E-state index contributed by atoms with van der Waals surface area (Å²) in [6, 6.07) is 10.4. The summed E-state index contributed by atoms with van der Waals surface area (Å²) in [7, 11) is 0. The van der Waals surface area contributed by atoms with Gasteiger partial charge in [0, 0.05) is 25.4 Å². The van der Waals surface area contributed by atoms with Crippen LogP contribution in [0.25, 0.3) is 0 Å². The number of hydrogen-bond acceptors (Lipinski definition) is 4. The van der Waals surface area contributed by atoms with Gasteiger partial charge in [0.05, 0.1) is 0 Å². The molecule has 1 atom stereocenters. The number of para-hydroxylation sites is 1. The standard InChI is InChI=1S/C21H38N2O2/c1-4-22(5-2)17-11-8-12-19-25-21(24)16-13-18-23(6-3)20-14-9-7-10-15-20/h7,9-10,14-15,21,24H,4-6,8,11-13,16-19H2,1-3H3. The lowest BCUT2D eigenvalue weighted by Gasteiger charge is -2.23. The molecular weight excluding hydrogens is 312 g/mol. The molecule has 0 saturated carbocycles. The zero-order chi connectivity index (χ0) is 18.3. The second-order valence-electron chi connectivity index (χ2n) is 6.47. The summed E-state index contributed by atoms with van der Waals surface area (Å²) in [4.78, 5) is 4.78. The molecule has 1 N–H and O–H groups in total. The summed E-state index contributed by atoms with van der Waals surface area (Å²) in [5.74, 6) is 0. The Kier molecular flexibility index (Phi) is 12.4. The highest BCUT2D eigenvalue weighted by atomic mass is 16.6. The summed E-state index contributed by atoms with van der Waals surface area (Å²) in [5.41, 5.74) is 1.24. The molecule has 4 heteroatoms. The van der Waals surface area contributed by atoms with E-state index in [1.807, 2.05) is 6.07 Å². The third-order valence-electron chi connectivity index (χ3n) is 4.71. The maximum atomic E-state index is 9.98. The molecule has 1 aromatic rings. The molecule has 0 fully saturated rings. The number of aliphatic hydroxyl groups is 1. The number of unbranched alkanes of at least 4 members (excludes halogenated alkanes) is 2. The Morgan fingerprint density at radius 1 is 0.880 bits per heavy atom. The van der Waals surface area contributed by atoms with Gasteiger partial charge in [-0.05, 0) is 70.8 Å². The molecule has 0 heterocycles. The van der Waals surface area contributed by atoms with E-state index in [2.05, 4.69) is 54.8 Å². The average Bonchev–Trinajstić information content (AvgIpc) is 2.65. The lowest BCUT2D eigenvalue weighted by Crippen LogP contribution is -2.25. The molecule has 0 aliphatic rings. The van der Waals surface area contributed by atoms with E-state index in [0.29, 0.717) is 13.0 Å². The fourth-order valence-electron chi connectivity index (χ4n) is 3.02. The number of anilines is 1. The minimum atomic E-state index is -0.628. The van der Waals surface area contributed by atoms with E-state index in [1.54, 1.807) is 0 Å². The van der Waals surface area contributed by atoms with E-state index in [-0.39, 0.29) is 0 Å². The van der Waals surface area contributed by atoms with Gasteiger partial charge in [-0.1, -0.05) is 32.0 Å². The Balaban J connectivity index is 2.06. The van der Waals surface area contributed by atoms with Crippen molar-refractivity contribution < 1.29 is 9.84 Å². The van der Waals surface area contributed by atoms with Crippen molar-refractivity contribution in [3.63, 3.8) is 0 Å². The van der Waals surface area contributed by atoms with Crippen LogP contribution in [0.5, 0.6) is 0 Å². The quantitative estimate of drug-likeness (QED) is 0.381. The SMILES string of the molecule is CCN(CC)CCCCCOC(O)CCCN(CC)c1ccccc1. The van der Waals surface area contributed by atoms with Gasteiger partial charge in [0.15, 0.2) is 6.29 Å². The molecule has 0 bridgehead atoms. The first-order valence-corrected chi connectivity index (χ1v) is 10.0. The lowest BCUT2D eigenvalue weighted by molar-refractivity contribution is -0.104. The lowest BCUT2D eigenvalue weighted by atomic mass is 10.2. The maximum absolute atomic E-state index is 9.98. The molecular formula is C21H38N2O2. The molecule has 0 radical (unpaired) electrons. The summed E-state index contributed by atoms with van der Waals surface area (Å²) in [6.07, 6.45) is 4.42. The van der Waals surface area contributed by atoms with Crippen LogP contribution in [0.15, 0.2) is 30.3 Å². The smallest absolute Gasteiger partial charge is 0.154 e. The Bertz CT molecular complexity index is 410. The van der Waals surface area contributed by atoms with E-state index in [0.717, 1.165) is 39.0 Å². The number of nitrogens with zero attached hydrogens (tertiary/aromatic N) is 2. The second kappa shape index (κ2) is 14.1. The topological polar surface area (TPSA) is 35.9 Å². The molecule has 1 unspecified atom stereocenters. The highest BCUT2D eigenvalue weighted by Crippen LogP contribution is 2.14. The van der Waals surface area contributed by atoms with Crippen molar-refractivity contribution in [1.29, 1.82) is 0 Å². The van der Waals surface area contributed by atoms with Gasteiger partial charge in [-0.2, -0.15) is 0 Å². The molecule has 4 nitrogen and oxygen atoms in total. The van der Waals surface area contributed by atoms with Gasteiger partial charge in [-0.3, -0.25) is 0 Å². The first-order valence-electron chi connectivity index (χ1n) is 10.0. The Morgan fingerprint density at radius 3 is 2.24 bits per heavy atom. The second-order valence-corrected chi connectivity index (χ2v) is 6.47. The Morgan fingerprint density at radius 2 is 1.60 bits per heavy atom. The molecule has 0 aromatic heterocycles. The van der Waals surface area contributed by atoms with E-state index in [9.17, 15) is 5.11 Å². The van der Waals surface area contributed by atoms with Gasteiger partial charge in [-0.25, -0.2) is 0 Å². The molecule has 0 spiro atoms. The van der Waals surface area contributed by atoms with Gasteiger partial charge in [-0.15, -0.1) is 0 Å². The largest absolute Gasteiger partial charge is 0.372 e. The van der Waals surface area contributed by atoms with Crippen molar-refractivity contribution in [2.45, 2.75) is 59.2 Å². The van der Waals surface area contributed by atoms with Crippen molar-refractivity contribution in [1.82, 2.24) is 4.90 Å². The summed E-state index contributed by atoms with van der Waals surface area (Å²) < 4.78 is 5.55. The summed E-state index contributed by atoms with van der Waals surface area (Å²) >= 11 is 0. The highest BCUT2D eigenvalue weighted by molar-refractivity contribution is 5.45. The minimum absolute atomic E-state index is 0.628. The summed E-state index contributed by atoms with van der Waals surface area (Å²) in [5, 5.41) is 9.98. The monoisotopic (exact) mass is 350 g/mol. The van der Waals surface area contributed by atoms with Crippen LogP contribution < -0.4 is 4.90 Å². The van der Waals surface area contributed by atoms with Crippen LogP contribution in [0.1, 0.15) is 52.9 Å².